The minimum Gasteiger partial charge on any atom is -0.387 e. The van der Waals surface area contributed by atoms with E-state index in [9.17, 15) is 9.59 Å². The van der Waals surface area contributed by atoms with Crippen molar-refractivity contribution >= 4 is 11.9 Å². The smallest absolute Gasteiger partial charge is 0.338 e. The van der Waals surface area contributed by atoms with Gasteiger partial charge in [0.25, 0.3) is 0 Å². The fourth-order valence-corrected chi connectivity index (χ4v) is 0.652. The van der Waals surface area contributed by atoms with Gasteiger partial charge in [-0.1, -0.05) is 31.9 Å². The van der Waals surface area contributed by atoms with Gasteiger partial charge in [-0.15, -0.1) is 13.2 Å². The predicted molar refractivity (Wildman–Crippen MR) is 65.8 cm³/mol. The van der Waals surface area contributed by atoms with Crippen LogP contribution in [-0.4, -0.2) is 11.9 Å². The summed E-state index contributed by atoms with van der Waals surface area (Å²) in [6, 6.07) is 0. The third-order valence-electron chi connectivity index (χ3n) is 1.32. The molecule has 0 unspecified atom stereocenters. The zero-order valence-electron chi connectivity index (χ0n) is 10.1. The van der Waals surface area contributed by atoms with Crippen LogP contribution in [0.4, 0.5) is 0 Å². The molecule has 0 spiro atoms. The standard InChI is InChI=1S/C6H12.C4H2O3.C3H6/c1-3-5-6-4-2;5-3-1-2-4(6)7-3;1-3-2/h3H,1,4-6H2,2H3;1-2H;3H,1H2,2H3. The van der Waals surface area contributed by atoms with E-state index >= 15 is 0 Å². The Bertz CT molecular complexity index is 236. The first-order valence-electron chi connectivity index (χ1n) is 5.24. The Hall–Kier alpha value is -1.64. The van der Waals surface area contributed by atoms with Crippen LogP contribution in [0.2, 0.25) is 0 Å². The molecule has 1 aliphatic heterocycles. The molecule has 0 N–H and O–H groups in total. The molecule has 0 aromatic carbocycles. The van der Waals surface area contributed by atoms with Gasteiger partial charge in [-0.05, 0) is 13.3 Å². The van der Waals surface area contributed by atoms with E-state index in [0.29, 0.717) is 0 Å². The lowest BCUT2D eigenvalue weighted by Crippen LogP contribution is -1.96. The van der Waals surface area contributed by atoms with Crippen LogP contribution in [0.25, 0.3) is 0 Å². The summed E-state index contributed by atoms with van der Waals surface area (Å²) in [6.45, 7) is 11.0. The SMILES string of the molecule is C=CC.C=CCCCC.O=C1C=CC(=O)O1. The molecule has 0 bridgehead atoms. The molecule has 0 atom stereocenters. The molecule has 0 saturated heterocycles. The summed E-state index contributed by atoms with van der Waals surface area (Å²) in [4.78, 5) is 19.8. The minimum atomic E-state index is -0.579. The maximum atomic E-state index is 9.92. The third-order valence-corrected chi connectivity index (χ3v) is 1.32. The Labute approximate surface area is 97.5 Å². The van der Waals surface area contributed by atoms with Crippen molar-refractivity contribution in [3.05, 3.63) is 37.5 Å². The fourth-order valence-electron chi connectivity index (χ4n) is 0.652. The summed E-state index contributed by atoms with van der Waals surface area (Å²) in [7, 11) is 0. The summed E-state index contributed by atoms with van der Waals surface area (Å²) in [5.41, 5.74) is 0. The molecule has 0 radical (unpaired) electrons. The lowest BCUT2D eigenvalue weighted by atomic mass is 10.3. The Balaban J connectivity index is 0. The number of allylic oxidation sites excluding steroid dienone is 2. The van der Waals surface area contributed by atoms with E-state index in [0.717, 1.165) is 12.2 Å². The van der Waals surface area contributed by atoms with Gasteiger partial charge in [-0.3, -0.25) is 0 Å². The number of unbranched alkanes of at least 4 members (excludes halogenated alkanes) is 2. The van der Waals surface area contributed by atoms with E-state index in [-0.39, 0.29) is 0 Å². The summed E-state index contributed by atoms with van der Waals surface area (Å²) < 4.78 is 3.97. The van der Waals surface area contributed by atoms with Gasteiger partial charge in [0.05, 0.1) is 0 Å². The third kappa shape index (κ3) is 14.9. The first-order chi connectivity index (χ1) is 7.62. The second-order valence-corrected chi connectivity index (χ2v) is 2.91. The van der Waals surface area contributed by atoms with E-state index in [1.165, 1.54) is 19.3 Å². The highest BCUT2D eigenvalue weighted by molar-refractivity contribution is 6.04. The van der Waals surface area contributed by atoms with Gasteiger partial charge in [-0.25, -0.2) is 9.59 Å². The summed E-state index contributed by atoms with van der Waals surface area (Å²) in [5.74, 6) is -1.16. The highest BCUT2D eigenvalue weighted by Gasteiger charge is 2.10. The molecular weight excluding hydrogens is 204 g/mol. The van der Waals surface area contributed by atoms with Gasteiger partial charge in [0.1, 0.15) is 0 Å². The zero-order chi connectivity index (χ0) is 12.8. The molecule has 0 fully saturated rings. The fraction of sp³-hybridized carbons (Fsp3) is 0.385. The number of ether oxygens (including phenoxy) is 1. The molecule has 0 aliphatic carbocycles. The van der Waals surface area contributed by atoms with Gasteiger partial charge < -0.3 is 4.74 Å². The lowest BCUT2D eigenvalue weighted by Gasteiger charge is -1.81. The average Bonchev–Trinajstić information content (AvgIpc) is 2.61. The molecule has 0 saturated carbocycles. The molecule has 1 heterocycles. The molecule has 0 amide bonds. The van der Waals surface area contributed by atoms with Crippen molar-refractivity contribution in [2.24, 2.45) is 0 Å². The second-order valence-electron chi connectivity index (χ2n) is 2.91. The van der Waals surface area contributed by atoms with Crippen molar-refractivity contribution in [3.63, 3.8) is 0 Å². The van der Waals surface area contributed by atoms with Gasteiger partial charge in [0.15, 0.2) is 0 Å². The van der Waals surface area contributed by atoms with Crippen LogP contribution in [-0.2, 0) is 14.3 Å². The highest BCUT2D eigenvalue weighted by Crippen LogP contribution is 1.92. The van der Waals surface area contributed by atoms with Crippen LogP contribution in [0.15, 0.2) is 37.5 Å². The molecule has 0 aromatic rings. The molecule has 90 valence electrons. The monoisotopic (exact) mass is 224 g/mol. The topological polar surface area (TPSA) is 43.4 Å². The molecule has 16 heavy (non-hydrogen) atoms. The Kier molecular flexibility index (Phi) is 14.0. The van der Waals surface area contributed by atoms with Crippen molar-refractivity contribution in [1.29, 1.82) is 0 Å². The first kappa shape index (κ1) is 16.8. The number of cyclic esters (lactones) is 2. The van der Waals surface area contributed by atoms with Crippen molar-refractivity contribution in [3.8, 4) is 0 Å². The summed E-state index contributed by atoms with van der Waals surface area (Å²) in [5, 5.41) is 0. The summed E-state index contributed by atoms with van der Waals surface area (Å²) >= 11 is 0. The van der Waals surface area contributed by atoms with Crippen molar-refractivity contribution in [2.75, 3.05) is 0 Å². The van der Waals surface area contributed by atoms with Crippen molar-refractivity contribution < 1.29 is 14.3 Å². The first-order valence-corrected chi connectivity index (χ1v) is 5.24. The van der Waals surface area contributed by atoms with Gasteiger partial charge in [0.2, 0.25) is 0 Å². The quantitative estimate of drug-likeness (QED) is 0.320. The number of hydrogen-bond donors (Lipinski definition) is 0. The number of hydrogen-bond acceptors (Lipinski definition) is 3. The largest absolute Gasteiger partial charge is 0.387 e. The normalized spacial score (nSPS) is 11.6. The van der Waals surface area contributed by atoms with Crippen LogP contribution in [0.1, 0.15) is 33.1 Å². The van der Waals surface area contributed by atoms with Crippen LogP contribution in [0.3, 0.4) is 0 Å². The Morgan fingerprint density at radius 1 is 1.25 bits per heavy atom. The van der Waals surface area contributed by atoms with Crippen LogP contribution in [0.5, 0.6) is 0 Å². The van der Waals surface area contributed by atoms with Crippen LogP contribution >= 0.6 is 0 Å². The number of carbonyl (C=O) groups is 2. The van der Waals surface area contributed by atoms with Gasteiger partial charge in [0, 0.05) is 12.2 Å². The van der Waals surface area contributed by atoms with Gasteiger partial charge >= 0.3 is 11.9 Å². The Morgan fingerprint density at radius 3 is 1.81 bits per heavy atom. The van der Waals surface area contributed by atoms with E-state index in [4.69, 9.17) is 0 Å². The van der Waals surface area contributed by atoms with Crippen LogP contribution in [0, 0.1) is 0 Å². The predicted octanol–water partition coefficient (Wildman–Crippen LogP) is 3.18. The van der Waals surface area contributed by atoms with Crippen molar-refractivity contribution in [1.82, 2.24) is 0 Å². The molecular formula is C13H20O3. The average molecular weight is 224 g/mol. The van der Waals surface area contributed by atoms with E-state index in [2.05, 4.69) is 24.8 Å². The molecule has 1 aliphatic rings. The molecule has 1 rings (SSSR count). The zero-order valence-corrected chi connectivity index (χ0v) is 10.1. The van der Waals surface area contributed by atoms with E-state index in [1.807, 2.05) is 13.0 Å². The Morgan fingerprint density at radius 2 is 1.69 bits per heavy atom. The number of esters is 2. The molecule has 0 aromatic heterocycles. The molecule has 3 heteroatoms. The van der Waals surface area contributed by atoms with E-state index in [1.54, 1.807) is 6.08 Å². The minimum absolute atomic E-state index is 0.579. The van der Waals surface area contributed by atoms with Crippen molar-refractivity contribution in [2.45, 2.75) is 33.1 Å². The van der Waals surface area contributed by atoms with Gasteiger partial charge in [-0.2, -0.15) is 0 Å². The maximum absolute atomic E-state index is 9.92. The summed E-state index contributed by atoms with van der Waals surface area (Å²) in [6.07, 6.45) is 9.64. The van der Waals surface area contributed by atoms with Crippen LogP contribution < -0.4 is 0 Å². The molecule has 3 nitrogen and oxygen atoms in total. The highest BCUT2D eigenvalue weighted by atomic mass is 16.6. The maximum Gasteiger partial charge on any atom is 0.338 e. The number of rotatable bonds is 3. The second kappa shape index (κ2) is 13.4. The number of carbonyl (C=O) groups excluding carboxylic acids is 2. The lowest BCUT2D eigenvalue weighted by molar-refractivity contribution is -0.150. The van der Waals surface area contributed by atoms with E-state index < -0.39 is 11.9 Å².